The normalized spacial score (nSPS) is 19.0. The third kappa shape index (κ3) is 3.71. The molecular formula is C25H30N2O5. The maximum Gasteiger partial charge on any atom is 0.254 e. The minimum absolute atomic E-state index is 0.0254. The van der Waals surface area contributed by atoms with Gasteiger partial charge in [0.1, 0.15) is 11.5 Å². The number of carbonyl (C=O) groups is 2. The Balaban J connectivity index is 1.79. The van der Waals surface area contributed by atoms with Crippen molar-refractivity contribution >= 4 is 17.5 Å². The van der Waals surface area contributed by atoms with Gasteiger partial charge in [0, 0.05) is 25.3 Å². The summed E-state index contributed by atoms with van der Waals surface area (Å²) in [5.41, 5.74) is 1.34. The maximum atomic E-state index is 13.9. The zero-order valence-corrected chi connectivity index (χ0v) is 18.8. The summed E-state index contributed by atoms with van der Waals surface area (Å²) < 4.78 is 16.1. The Morgan fingerprint density at radius 1 is 1.09 bits per heavy atom. The van der Waals surface area contributed by atoms with E-state index in [2.05, 4.69) is 5.32 Å². The van der Waals surface area contributed by atoms with Gasteiger partial charge in [-0.15, -0.1) is 0 Å². The third-order valence-electron chi connectivity index (χ3n) is 6.74. The Hall–Kier alpha value is -3.06. The number of nitrogens with one attached hydrogen (secondary N) is 1. The van der Waals surface area contributed by atoms with Gasteiger partial charge in [-0.2, -0.15) is 0 Å². The molecule has 2 aliphatic rings. The molecule has 2 amide bonds. The number of nitrogens with zero attached hydrogens (tertiary/aromatic N) is 1. The fourth-order valence-corrected chi connectivity index (χ4v) is 5.29. The van der Waals surface area contributed by atoms with E-state index in [4.69, 9.17) is 14.2 Å². The lowest BCUT2D eigenvalue weighted by atomic mass is 9.71. The van der Waals surface area contributed by atoms with E-state index in [1.165, 1.54) is 0 Å². The summed E-state index contributed by atoms with van der Waals surface area (Å²) in [7, 11) is 4.78. The molecule has 0 aromatic heterocycles. The van der Waals surface area contributed by atoms with E-state index in [1.54, 1.807) is 39.5 Å². The maximum absolute atomic E-state index is 13.9. The summed E-state index contributed by atoms with van der Waals surface area (Å²) >= 11 is 0. The minimum atomic E-state index is -0.569. The smallest absolute Gasteiger partial charge is 0.254 e. The van der Waals surface area contributed by atoms with Gasteiger partial charge in [0.05, 0.1) is 38.0 Å². The predicted octanol–water partition coefficient (Wildman–Crippen LogP) is 3.84. The lowest BCUT2D eigenvalue weighted by Gasteiger charge is -2.50. The average molecular weight is 439 g/mol. The predicted molar refractivity (Wildman–Crippen MR) is 121 cm³/mol. The molecule has 2 aromatic rings. The van der Waals surface area contributed by atoms with Gasteiger partial charge >= 0.3 is 0 Å². The fourth-order valence-electron chi connectivity index (χ4n) is 5.29. The zero-order chi connectivity index (χ0) is 22.7. The molecule has 7 nitrogen and oxygen atoms in total. The van der Waals surface area contributed by atoms with Crippen molar-refractivity contribution in [1.82, 2.24) is 4.90 Å². The van der Waals surface area contributed by atoms with Gasteiger partial charge in [-0.1, -0.05) is 31.0 Å². The molecule has 1 aliphatic carbocycles. The number of fused-ring (bicyclic) bond motifs is 1. The van der Waals surface area contributed by atoms with Crippen LogP contribution in [0.25, 0.3) is 0 Å². The van der Waals surface area contributed by atoms with Crippen molar-refractivity contribution in [3.63, 3.8) is 0 Å². The van der Waals surface area contributed by atoms with Crippen LogP contribution < -0.4 is 14.8 Å². The van der Waals surface area contributed by atoms with Crippen molar-refractivity contribution in [3.8, 4) is 11.5 Å². The highest BCUT2D eigenvalue weighted by Crippen LogP contribution is 2.50. The molecule has 0 saturated heterocycles. The standard InChI is InChI=1S/C25H30N2O5/c1-30-15-14-27-24(29)19-9-5-4-8-18(19)22(25(27)12-6-7-13-25)23(28)26-20-16-17(31-2)10-11-21(20)32-3/h4-5,8-11,16,22H,6-7,12-15H2,1-3H3,(H,26,28). The molecule has 0 bridgehead atoms. The van der Waals surface area contributed by atoms with Gasteiger partial charge < -0.3 is 24.4 Å². The summed E-state index contributed by atoms with van der Waals surface area (Å²) in [5, 5.41) is 3.08. The number of hydrogen-bond acceptors (Lipinski definition) is 5. The van der Waals surface area contributed by atoms with Crippen LogP contribution in [0.5, 0.6) is 11.5 Å². The molecule has 2 aromatic carbocycles. The molecular weight excluding hydrogens is 408 g/mol. The van der Waals surface area contributed by atoms with E-state index in [1.807, 2.05) is 29.2 Å². The van der Waals surface area contributed by atoms with Gasteiger partial charge in [-0.25, -0.2) is 0 Å². The molecule has 1 unspecified atom stereocenters. The molecule has 0 radical (unpaired) electrons. The SMILES string of the molecule is COCCN1C(=O)c2ccccc2C(C(=O)Nc2cc(OC)ccc2OC)C12CCCC2. The summed E-state index contributed by atoms with van der Waals surface area (Å²) in [6, 6.07) is 12.8. The topological polar surface area (TPSA) is 77.1 Å². The fraction of sp³-hybridized carbons (Fsp3) is 0.440. The van der Waals surface area contributed by atoms with Crippen molar-refractivity contribution < 1.29 is 23.8 Å². The van der Waals surface area contributed by atoms with E-state index in [0.717, 1.165) is 31.2 Å². The molecule has 32 heavy (non-hydrogen) atoms. The number of rotatable bonds is 7. The summed E-state index contributed by atoms with van der Waals surface area (Å²) in [5.74, 6) is 0.503. The highest BCUT2D eigenvalue weighted by atomic mass is 16.5. The van der Waals surface area contributed by atoms with Crippen LogP contribution in [0.3, 0.4) is 0 Å². The number of anilines is 1. The van der Waals surface area contributed by atoms with Crippen molar-refractivity contribution in [2.24, 2.45) is 0 Å². The first-order chi connectivity index (χ1) is 15.6. The number of ether oxygens (including phenoxy) is 3. The number of benzene rings is 2. The second-order valence-corrected chi connectivity index (χ2v) is 8.34. The van der Waals surface area contributed by atoms with Crippen LogP contribution >= 0.6 is 0 Å². The molecule has 1 aliphatic heterocycles. The molecule has 4 rings (SSSR count). The van der Waals surface area contributed by atoms with Gasteiger partial charge in [-0.3, -0.25) is 9.59 Å². The lowest BCUT2D eigenvalue weighted by Crippen LogP contribution is -2.60. The molecule has 1 heterocycles. The number of amides is 2. The first-order valence-electron chi connectivity index (χ1n) is 11.0. The van der Waals surface area contributed by atoms with Gasteiger partial charge in [0.15, 0.2) is 0 Å². The number of methoxy groups -OCH3 is 3. The molecule has 1 saturated carbocycles. The van der Waals surface area contributed by atoms with Crippen LogP contribution in [0.15, 0.2) is 42.5 Å². The van der Waals surface area contributed by atoms with E-state index < -0.39 is 11.5 Å². The molecule has 7 heteroatoms. The van der Waals surface area contributed by atoms with E-state index >= 15 is 0 Å². The second-order valence-electron chi connectivity index (χ2n) is 8.34. The van der Waals surface area contributed by atoms with Crippen LogP contribution in [0, 0.1) is 0 Å². The van der Waals surface area contributed by atoms with Crippen LogP contribution in [0.1, 0.15) is 47.5 Å². The Kier molecular flexibility index (Phi) is 6.37. The van der Waals surface area contributed by atoms with Crippen molar-refractivity contribution in [1.29, 1.82) is 0 Å². The van der Waals surface area contributed by atoms with Crippen molar-refractivity contribution in [3.05, 3.63) is 53.6 Å². The largest absolute Gasteiger partial charge is 0.497 e. The number of carbonyl (C=O) groups excluding carboxylic acids is 2. The first kappa shape index (κ1) is 22.1. The Morgan fingerprint density at radius 3 is 2.53 bits per heavy atom. The second kappa shape index (κ2) is 9.20. The highest BCUT2D eigenvalue weighted by Gasteiger charge is 2.55. The average Bonchev–Trinajstić information content (AvgIpc) is 3.28. The summed E-state index contributed by atoms with van der Waals surface area (Å²) in [4.78, 5) is 29.3. The van der Waals surface area contributed by atoms with E-state index in [0.29, 0.717) is 35.9 Å². The zero-order valence-electron chi connectivity index (χ0n) is 18.8. The third-order valence-corrected chi connectivity index (χ3v) is 6.74. The van der Waals surface area contributed by atoms with Gasteiger partial charge in [0.2, 0.25) is 5.91 Å². The Labute approximate surface area is 188 Å². The molecule has 1 N–H and O–H groups in total. The van der Waals surface area contributed by atoms with Gasteiger partial charge in [-0.05, 0) is 36.6 Å². The summed E-state index contributed by atoms with van der Waals surface area (Å²) in [6.45, 7) is 0.879. The quantitative estimate of drug-likeness (QED) is 0.711. The summed E-state index contributed by atoms with van der Waals surface area (Å²) in [6.07, 6.45) is 3.52. The molecule has 1 atom stereocenters. The number of hydrogen-bond donors (Lipinski definition) is 1. The van der Waals surface area contributed by atoms with Crippen LogP contribution in [-0.2, 0) is 9.53 Å². The minimum Gasteiger partial charge on any atom is -0.497 e. The van der Waals surface area contributed by atoms with E-state index in [9.17, 15) is 9.59 Å². The van der Waals surface area contributed by atoms with Gasteiger partial charge in [0.25, 0.3) is 5.91 Å². The van der Waals surface area contributed by atoms with E-state index in [-0.39, 0.29) is 11.8 Å². The molecule has 1 fully saturated rings. The van der Waals surface area contributed by atoms with Crippen LogP contribution in [0.4, 0.5) is 5.69 Å². The first-order valence-corrected chi connectivity index (χ1v) is 11.0. The lowest BCUT2D eigenvalue weighted by molar-refractivity contribution is -0.121. The van der Waals surface area contributed by atoms with Crippen LogP contribution in [0.2, 0.25) is 0 Å². The molecule has 1 spiro atoms. The van der Waals surface area contributed by atoms with Crippen molar-refractivity contribution in [2.75, 3.05) is 39.8 Å². The Morgan fingerprint density at radius 2 is 1.84 bits per heavy atom. The van der Waals surface area contributed by atoms with Crippen LogP contribution in [-0.4, -0.2) is 56.7 Å². The monoisotopic (exact) mass is 438 g/mol. The highest BCUT2D eigenvalue weighted by molar-refractivity contribution is 6.05. The Bertz CT molecular complexity index is 1000. The molecule has 170 valence electrons. The van der Waals surface area contributed by atoms with Crippen molar-refractivity contribution in [2.45, 2.75) is 37.1 Å².